The summed E-state index contributed by atoms with van der Waals surface area (Å²) in [4.78, 5) is 18.7. The van der Waals surface area contributed by atoms with Gasteiger partial charge in [0.15, 0.2) is 5.69 Å². The highest BCUT2D eigenvalue weighted by atomic mass is 19.1. The van der Waals surface area contributed by atoms with Crippen LogP contribution in [0.25, 0.3) is 0 Å². The van der Waals surface area contributed by atoms with E-state index >= 15 is 0 Å². The SMILES string of the molecule is CO[C@H]1CCCN(C(=O)c2ncccc2O)[C@H]1Cc1ccc(F)cc1. The first kappa shape index (κ1) is 17.4. The zero-order valence-electron chi connectivity index (χ0n) is 14.1. The van der Waals surface area contributed by atoms with E-state index in [4.69, 9.17) is 4.74 Å². The minimum Gasteiger partial charge on any atom is -0.505 e. The van der Waals surface area contributed by atoms with E-state index in [1.807, 2.05) is 0 Å². The number of methoxy groups -OCH3 is 1. The standard InChI is InChI=1S/C19H21FN2O3/c1-25-17-5-3-11-22(19(24)18-16(23)4-2-10-21-18)15(17)12-13-6-8-14(20)9-7-13/h2,4,6-10,15,17,23H,3,5,11-12H2,1H3/t15-,17-/m0/s1. The first-order valence-electron chi connectivity index (χ1n) is 8.32. The highest BCUT2D eigenvalue weighted by Gasteiger charge is 2.36. The number of likely N-dealkylation sites (tertiary alicyclic amines) is 1. The van der Waals surface area contributed by atoms with Crippen LogP contribution in [0.5, 0.6) is 5.75 Å². The van der Waals surface area contributed by atoms with Crippen LogP contribution in [0.3, 0.4) is 0 Å². The van der Waals surface area contributed by atoms with Crippen LogP contribution in [0, 0.1) is 5.82 Å². The van der Waals surface area contributed by atoms with Crippen LogP contribution in [-0.4, -0.2) is 46.7 Å². The van der Waals surface area contributed by atoms with Gasteiger partial charge in [0.25, 0.3) is 5.91 Å². The molecule has 0 radical (unpaired) electrons. The fourth-order valence-corrected chi connectivity index (χ4v) is 3.35. The van der Waals surface area contributed by atoms with Gasteiger partial charge in [-0.2, -0.15) is 0 Å². The number of aromatic hydroxyl groups is 1. The van der Waals surface area contributed by atoms with Crippen molar-refractivity contribution in [1.29, 1.82) is 0 Å². The molecule has 0 bridgehead atoms. The highest BCUT2D eigenvalue weighted by Crippen LogP contribution is 2.26. The lowest BCUT2D eigenvalue weighted by molar-refractivity contribution is -0.0121. The van der Waals surface area contributed by atoms with Crippen LogP contribution < -0.4 is 0 Å². The summed E-state index contributed by atoms with van der Waals surface area (Å²) in [5.74, 6) is -0.735. The molecular formula is C19H21FN2O3. The molecule has 1 aromatic heterocycles. The number of carbonyl (C=O) groups is 1. The van der Waals surface area contributed by atoms with E-state index in [1.165, 1.54) is 24.4 Å². The second-order valence-electron chi connectivity index (χ2n) is 6.18. The summed E-state index contributed by atoms with van der Waals surface area (Å²) in [6.07, 6.45) is 3.59. The zero-order valence-corrected chi connectivity index (χ0v) is 14.1. The lowest BCUT2D eigenvalue weighted by atomic mass is 9.92. The molecule has 1 saturated heterocycles. The Morgan fingerprint density at radius 3 is 2.80 bits per heavy atom. The largest absolute Gasteiger partial charge is 0.505 e. The van der Waals surface area contributed by atoms with Gasteiger partial charge in [-0.25, -0.2) is 9.37 Å². The summed E-state index contributed by atoms with van der Waals surface area (Å²) in [5, 5.41) is 9.96. The van der Waals surface area contributed by atoms with Gasteiger partial charge in [-0.15, -0.1) is 0 Å². The molecular weight excluding hydrogens is 323 g/mol. The number of aromatic nitrogens is 1. The van der Waals surface area contributed by atoms with Crippen molar-refractivity contribution in [3.8, 4) is 5.75 Å². The summed E-state index contributed by atoms with van der Waals surface area (Å²) in [5.41, 5.74) is 0.974. The van der Waals surface area contributed by atoms with Gasteiger partial charge < -0.3 is 14.7 Å². The maximum atomic E-state index is 13.2. The van der Waals surface area contributed by atoms with E-state index in [0.717, 1.165) is 18.4 Å². The third-order valence-electron chi connectivity index (χ3n) is 4.63. The van der Waals surface area contributed by atoms with Gasteiger partial charge >= 0.3 is 0 Å². The Bertz CT molecular complexity index is 736. The molecule has 0 aliphatic carbocycles. The molecule has 1 aromatic carbocycles. The van der Waals surface area contributed by atoms with Crippen LogP contribution in [0.4, 0.5) is 4.39 Å². The molecule has 2 heterocycles. The minimum absolute atomic E-state index is 0.0448. The lowest BCUT2D eigenvalue weighted by Gasteiger charge is -2.40. The third kappa shape index (κ3) is 3.79. The van der Waals surface area contributed by atoms with Crippen molar-refractivity contribution >= 4 is 5.91 Å². The number of rotatable bonds is 4. The number of hydrogen-bond acceptors (Lipinski definition) is 4. The topological polar surface area (TPSA) is 62.7 Å². The van der Waals surface area contributed by atoms with E-state index in [9.17, 15) is 14.3 Å². The molecule has 132 valence electrons. The maximum Gasteiger partial charge on any atom is 0.276 e. The molecule has 5 nitrogen and oxygen atoms in total. The Labute approximate surface area is 146 Å². The number of carbonyl (C=O) groups excluding carboxylic acids is 1. The molecule has 0 spiro atoms. The van der Waals surface area contributed by atoms with Crippen molar-refractivity contribution in [2.24, 2.45) is 0 Å². The van der Waals surface area contributed by atoms with Crippen LogP contribution in [0.15, 0.2) is 42.6 Å². The number of hydrogen-bond donors (Lipinski definition) is 1. The third-order valence-corrected chi connectivity index (χ3v) is 4.63. The van der Waals surface area contributed by atoms with Crippen molar-refractivity contribution in [2.45, 2.75) is 31.4 Å². The molecule has 0 unspecified atom stereocenters. The first-order valence-corrected chi connectivity index (χ1v) is 8.32. The van der Waals surface area contributed by atoms with Crippen LogP contribution in [-0.2, 0) is 11.2 Å². The molecule has 0 saturated carbocycles. The zero-order chi connectivity index (χ0) is 17.8. The molecule has 25 heavy (non-hydrogen) atoms. The van der Waals surface area contributed by atoms with Gasteiger partial charge in [0.05, 0.1) is 12.1 Å². The lowest BCUT2D eigenvalue weighted by Crippen LogP contribution is -2.52. The highest BCUT2D eigenvalue weighted by molar-refractivity contribution is 5.95. The van der Waals surface area contributed by atoms with Gasteiger partial charge in [-0.3, -0.25) is 4.79 Å². The number of piperidine rings is 1. The van der Waals surface area contributed by atoms with Gasteiger partial charge in [-0.1, -0.05) is 12.1 Å². The molecule has 1 aliphatic heterocycles. The molecule has 1 fully saturated rings. The Morgan fingerprint density at radius 2 is 2.12 bits per heavy atom. The summed E-state index contributed by atoms with van der Waals surface area (Å²) in [7, 11) is 1.63. The predicted octanol–water partition coefficient (Wildman–Crippen LogP) is 2.79. The van der Waals surface area contributed by atoms with Crippen molar-refractivity contribution in [3.05, 3.63) is 59.7 Å². The van der Waals surface area contributed by atoms with Crippen molar-refractivity contribution in [2.75, 3.05) is 13.7 Å². The molecule has 3 rings (SSSR count). The predicted molar refractivity (Wildman–Crippen MR) is 90.9 cm³/mol. The number of amides is 1. The van der Waals surface area contributed by atoms with E-state index in [0.29, 0.717) is 13.0 Å². The van der Waals surface area contributed by atoms with Crippen molar-refractivity contribution in [1.82, 2.24) is 9.88 Å². The Kier molecular flexibility index (Phi) is 5.28. The average Bonchev–Trinajstić information content (AvgIpc) is 2.63. The molecule has 6 heteroatoms. The van der Waals surface area contributed by atoms with Crippen LogP contribution in [0.2, 0.25) is 0 Å². The van der Waals surface area contributed by atoms with Crippen LogP contribution >= 0.6 is 0 Å². The van der Waals surface area contributed by atoms with Gasteiger partial charge in [-0.05, 0) is 49.1 Å². The maximum absolute atomic E-state index is 13.2. The van der Waals surface area contributed by atoms with E-state index in [-0.39, 0.29) is 35.3 Å². The van der Waals surface area contributed by atoms with Crippen molar-refractivity contribution in [3.63, 3.8) is 0 Å². The Balaban J connectivity index is 1.88. The Hall–Kier alpha value is -2.47. The molecule has 2 aromatic rings. The summed E-state index contributed by atoms with van der Waals surface area (Å²) in [6.45, 7) is 0.570. The quantitative estimate of drug-likeness (QED) is 0.926. The van der Waals surface area contributed by atoms with Crippen molar-refractivity contribution < 1.29 is 19.0 Å². The second kappa shape index (κ2) is 7.61. The Morgan fingerprint density at radius 1 is 1.36 bits per heavy atom. The van der Waals surface area contributed by atoms with Gasteiger partial charge in [0.1, 0.15) is 11.6 Å². The fourth-order valence-electron chi connectivity index (χ4n) is 3.35. The second-order valence-corrected chi connectivity index (χ2v) is 6.18. The fraction of sp³-hybridized carbons (Fsp3) is 0.368. The van der Waals surface area contributed by atoms with Crippen LogP contribution in [0.1, 0.15) is 28.9 Å². The average molecular weight is 344 g/mol. The number of nitrogens with zero attached hydrogens (tertiary/aromatic N) is 2. The number of benzene rings is 1. The van der Waals surface area contributed by atoms with Gasteiger partial charge in [0, 0.05) is 19.9 Å². The summed E-state index contributed by atoms with van der Waals surface area (Å²) < 4.78 is 18.7. The van der Waals surface area contributed by atoms with E-state index in [1.54, 1.807) is 30.2 Å². The normalized spacial score (nSPS) is 20.5. The summed E-state index contributed by atoms with van der Waals surface area (Å²) >= 11 is 0. The van der Waals surface area contributed by atoms with Gasteiger partial charge in [0.2, 0.25) is 0 Å². The molecule has 2 atom stereocenters. The van der Waals surface area contributed by atoms with E-state index < -0.39 is 0 Å². The van der Waals surface area contributed by atoms with E-state index in [2.05, 4.69) is 4.98 Å². The number of pyridine rings is 1. The summed E-state index contributed by atoms with van der Waals surface area (Å²) in [6, 6.07) is 9.10. The minimum atomic E-state index is -0.313. The number of halogens is 1. The monoisotopic (exact) mass is 344 g/mol. The molecule has 1 amide bonds. The smallest absolute Gasteiger partial charge is 0.276 e. The molecule has 1 aliphatic rings. The number of ether oxygens (including phenoxy) is 1. The first-order chi connectivity index (χ1) is 12.1. The molecule has 1 N–H and O–H groups in total.